The molecule has 0 unspecified atom stereocenters. The summed E-state index contributed by atoms with van der Waals surface area (Å²) in [7, 11) is 0. The Morgan fingerprint density at radius 1 is 1.21 bits per heavy atom. The zero-order chi connectivity index (χ0) is 24.4. The summed E-state index contributed by atoms with van der Waals surface area (Å²) in [5.74, 6) is -0.191. The van der Waals surface area contributed by atoms with Crippen molar-refractivity contribution in [2.24, 2.45) is 5.73 Å². The van der Waals surface area contributed by atoms with Gasteiger partial charge >= 0.3 is 6.03 Å². The third-order valence-corrected chi connectivity index (χ3v) is 6.61. The second kappa shape index (κ2) is 9.70. The minimum atomic E-state index is -0.394. The number of aromatic nitrogens is 3. The van der Waals surface area contributed by atoms with Crippen molar-refractivity contribution < 1.29 is 9.59 Å². The molecule has 2 aromatic heterocycles. The van der Waals surface area contributed by atoms with Crippen molar-refractivity contribution in [3.63, 3.8) is 0 Å². The molecule has 9 nitrogen and oxygen atoms in total. The summed E-state index contributed by atoms with van der Waals surface area (Å²) in [6.45, 7) is 9.95. The summed E-state index contributed by atoms with van der Waals surface area (Å²) in [4.78, 5) is 31.2. The number of anilines is 1. The molecule has 0 saturated carbocycles. The lowest BCUT2D eigenvalue weighted by Gasteiger charge is -2.32. The molecule has 34 heavy (non-hydrogen) atoms. The van der Waals surface area contributed by atoms with Gasteiger partial charge in [0.25, 0.3) is 5.91 Å². The van der Waals surface area contributed by atoms with Gasteiger partial charge in [0.1, 0.15) is 0 Å². The maximum Gasteiger partial charge on any atom is 0.314 e. The first-order chi connectivity index (χ1) is 16.3. The molecule has 1 saturated heterocycles. The number of fused-ring (bicyclic) bond motifs is 1. The van der Waals surface area contributed by atoms with Gasteiger partial charge in [-0.25, -0.2) is 14.5 Å². The van der Waals surface area contributed by atoms with E-state index < -0.39 is 6.03 Å². The number of benzene rings is 1. The first kappa shape index (κ1) is 23.5. The predicted molar refractivity (Wildman–Crippen MR) is 133 cm³/mol. The van der Waals surface area contributed by atoms with Crippen LogP contribution in [-0.2, 0) is 6.54 Å². The van der Waals surface area contributed by atoms with Gasteiger partial charge in [0, 0.05) is 31.9 Å². The van der Waals surface area contributed by atoms with Crippen molar-refractivity contribution in [1.29, 1.82) is 0 Å². The number of urea groups is 1. The second-order valence-corrected chi connectivity index (χ2v) is 9.04. The van der Waals surface area contributed by atoms with E-state index in [1.807, 2.05) is 25.5 Å². The number of hydrogen-bond donors (Lipinski definition) is 3. The zero-order valence-corrected chi connectivity index (χ0v) is 20.3. The first-order valence-electron chi connectivity index (χ1n) is 11.8. The average Bonchev–Trinajstić information content (AvgIpc) is 3.24. The number of nitrogens with one attached hydrogen (secondary N) is 2. The van der Waals surface area contributed by atoms with Crippen LogP contribution in [0, 0.1) is 13.8 Å². The van der Waals surface area contributed by atoms with E-state index in [4.69, 9.17) is 5.73 Å². The van der Waals surface area contributed by atoms with Gasteiger partial charge in [-0.15, -0.1) is 0 Å². The molecule has 4 rings (SSSR count). The summed E-state index contributed by atoms with van der Waals surface area (Å²) in [6, 6.07) is 5.81. The number of piperidine rings is 1. The van der Waals surface area contributed by atoms with E-state index in [0.29, 0.717) is 25.2 Å². The Bertz CT molecular complexity index is 1210. The normalized spacial score (nSPS) is 15.4. The van der Waals surface area contributed by atoms with Crippen molar-refractivity contribution in [3.05, 3.63) is 52.8 Å². The van der Waals surface area contributed by atoms with E-state index in [1.165, 1.54) is 0 Å². The highest BCUT2D eigenvalue weighted by atomic mass is 16.2. The molecule has 180 valence electrons. The summed E-state index contributed by atoms with van der Waals surface area (Å²) < 4.78 is 1.82. The highest BCUT2D eigenvalue weighted by Gasteiger charge is 2.25. The van der Waals surface area contributed by atoms with Crippen LogP contribution in [0.5, 0.6) is 0 Å². The number of likely N-dealkylation sites (tertiary alicyclic amines) is 1. The van der Waals surface area contributed by atoms with Gasteiger partial charge in [-0.3, -0.25) is 4.79 Å². The van der Waals surface area contributed by atoms with Crippen molar-refractivity contribution in [2.45, 2.75) is 59.2 Å². The molecular formula is C25H33N7O2. The van der Waals surface area contributed by atoms with Crippen molar-refractivity contribution >= 4 is 28.7 Å². The van der Waals surface area contributed by atoms with Gasteiger partial charge in [-0.1, -0.05) is 23.8 Å². The highest BCUT2D eigenvalue weighted by Crippen LogP contribution is 2.29. The molecule has 1 aliphatic heterocycles. The molecule has 1 aromatic carbocycles. The van der Waals surface area contributed by atoms with Crippen LogP contribution >= 0.6 is 0 Å². The molecule has 3 aromatic rings. The maximum absolute atomic E-state index is 13.5. The summed E-state index contributed by atoms with van der Waals surface area (Å²) in [6.07, 6.45) is 4.88. The van der Waals surface area contributed by atoms with Crippen LogP contribution in [0.4, 0.5) is 10.5 Å². The van der Waals surface area contributed by atoms with Crippen LogP contribution in [0.25, 0.3) is 11.0 Å². The second-order valence-electron chi connectivity index (χ2n) is 9.04. The molecule has 0 aliphatic carbocycles. The van der Waals surface area contributed by atoms with Crippen LogP contribution in [0.3, 0.4) is 0 Å². The minimum absolute atomic E-state index is 0.106. The highest BCUT2D eigenvalue weighted by molar-refractivity contribution is 6.06. The number of rotatable bonds is 6. The third-order valence-electron chi connectivity index (χ3n) is 6.61. The Morgan fingerprint density at radius 2 is 1.94 bits per heavy atom. The molecule has 0 spiro atoms. The van der Waals surface area contributed by atoms with Gasteiger partial charge in [0.15, 0.2) is 5.65 Å². The molecule has 1 fully saturated rings. The number of nitrogens with zero attached hydrogens (tertiary/aromatic N) is 4. The molecule has 3 heterocycles. The molecule has 4 N–H and O–H groups in total. The number of aryl methyl sites for hydroxylation is 3. The van der Waals surface area contributed by atoms with Crippen LogP contribution in [-0.4, -0.2) is 50.7 Å². The van der Waals surface area contributed by atoms with Gasteiger partial charge < -0.3 is 21.3 Å². The Labute approximate surface area is 199 Å². The number of carbonyl (C=O) groups is 2. The monoisotopic (exact) mass is 463 g/mol. The number of primary amides is 1. The van der Waals surface area contributed by atoms with Crippen LogP contribution < -0.4 is 16.4 Å². The molecular weight excluding hydrogens is 430 g/mol. The Balaban J connectivity index is 1.63. The number of pyridine rings is 1. The van der Waals surface area contributed by atoms with Gasteiger partial charge in [0.2, 0.25) is 0 Å². The van der Waals surface area contributed by atoms with Gasteiger partial charge in [-0.05, 0) is 51.7 Å². The van der Waals surface area contributed by atoms with Crippen LogP contribution in [0.15, 0.2) is 30.6 Å². The van der Waals surface area contributed by atoms with Gasteiger partial charge in [-0.2, -0.15) is 5.10 Å². The van der Waals surface area contributed by atoms with Crippen molar-refractivity contribution in [1.82, 2.24) is 25.0 Å². The van der Waals surface area contributed by atoms with E-state index in [0.717, 1.165) is 46.3 Å². The van der Waals surface area contributed by atoms with E-state index >= 15 is 0 Å². The maximum atomic E-state index is 13.5. The van der Waals surface area contributed by atoms with Crippen molar-refractivity contribution in [2.75, 3.05) is 18.4 Å². The molecule has 3 amide bonds. The number of amides is 3. The van der Waals surface area contributed by atoms with Gasteiger partial charge in [0.05, 0.1) is 28.9 Å². The lowest BCUT2D eigenvalue weighted by atomic mass is 9.99. The number of hydrogen-bond acceptors (Lipinski definition) is 5. The summed E-state index contributed by atoms with van der Waals surface area (Å²) >= 11 is 0. The molecule has 1 atom stereocenters. The Hall–Kier alpha value is -3.62. The Morgan fingerprint density at radius 3 is 2.62 bits per heavy atom. The average molecular weight is 464 g/mol. The van der Waals surface area contributed by atoms with Crippen molar-refractivity contribution in [3.8, 4) is 0 Å². The SMILES string of the molecule is CCn1ncc2c(NC3CCN(C(N)=O)CC3)c(C(=O)N[C@H](C)c3cc(C)ccc3C)cnc21. The molecule has 1 aliphatic rings. The molecule has 0 radical (unpaired) electrons. The topological polar surface area (TPSA) is 118 Å². The van der Waals surface area contributed by atoms with E-state index in [1.54, 1.807) is 17.3 Å². The quantitative estimate of drug-likeness (QED) is 0.517. The zero-order valence-electron chi connectivity index (χ0n) is 20.3. The Kier molecular flexibility index (Phi) is 6.72. The smallest absolute Gasteiger partial charge is 0.314 e. The fourth-order valence-corrected chi connectivity index (χ4v) is 4.61. The molecule has 9 heteroatoms. The first-order valence-corrected chi connectivity index (χ1v) is 11.8. The predicted octanol–water partition coefficient (Wildman–Crippen LogP) is 3.51. The van der Waals surface area contributed by atoms with Crippen LogP contribution in [0.1, 0.15) is 59.8 Å². The minimum Gasteiger partial charge on any atom is -0.381 e. The summed E-state index contributed by atoms with van der Waals surface area (Å²) in [5.41, 5.74) is 10.8. The third kappa shape index (κ3) is 4.69. The largest absolute Gasteiger partial charge is 0.381 e. The van der Waals surface area contributed by atoms with E-state index in [9.17, 15) is 9.59 Å². The molecule has 0 bridgehead atoms. The number of nitrogens with two attached hydrogens (primary N) is 1. The standard InChI is InChI=1S/C25H33N7O2/c1-5-32-23-20(14-28-32)22(30-18-8-10-31(11-9-18)25(26)34)21(13-27-23)24(33)29-17(4)19-12-15(2)6-7-16(19)3/h6-7,12-14,17-18H,5,8-11H2,1-4H3,(H2,26,34)(H,27,30)(H,29,33)/t17-/m1/s1. The fraction of sp³-hybridized carbons (Fsp3) is 0.440. The van der Waals surface area contributed by atoms with Crippen LogP contribution in [0.2, 0.25) is 0 Å². The van der Waals surface area contributed by atoms with E-state index in [-0.39, 0.29) is 18.0 Å². The summed E-state index contributed by atoms with van der Waals surface area (Å²) in [5, 5.41) is 12.0. The number of carbonyl (C=O) groups excluding carboxylic acids is 2. The fourth-order valence-electron chi connectivity index (χ4n) is 4.61. The lowest BCUT2D eigenvalue weighted by Crippen LogP contribution is -2.45. The lowest BCUT2D eigenvalue weighted by molar-refractivity contribution is 0.0940. The van der Waals surface area contributed by atoms with E-state index in [2.05, 4.69) is 45.8 Å².